The lowest BCUT2D eigenvalue weighted by molar-refractivity contribution is -0.122. The minimum absolute atomic E-state index is 0.227. The number of carbonyl (C=O) groups excluding carboxylic acids is 1. The fourth-order valence-corrected chi connectivity index (χ4v) is 2.54. The summed E-state index contributed by atoms with van der Waals surface area (Å²) < 4.78 is 0. The molecule has 1 fully saturated rings. The molecule has 0 N–H and O–H groups in total. The zero-order valence-electron chi connectivity index (χ0n) is 10.0. The van der Waals surface area contributed by atoms with Crippen LogP contribution in [0.1, 0.15) is 26.2 Å². The Balaban J connectivity index is 2.10. The second kappa shape index (κ2) is 4.69. The van der Waals surface area contributed by atoms with Gasteiger partial charge >= 0.3 is 0 Å². The molecule has 0 aliphatic heterocycles. The van der Waals surface area contributed by atoms with Crippen LogP contribution in [0.25, 0.3) is 0 Å². The van der Waals surface area contributed by atoms with Crippen molar-refractivity contribution < 1.29 is 4.79 Å². The van der Waals surface area contributed by atoms with E-state index in [1.807, 2.05) is 37.4 Å². The summed E-state index contributed by atoms with van der Waals surface area (Å²) in [6, 6.07) is 9.88. The Kier molecular flexibility index (Phi) is 3.28. The van der Waals surface area contributed by atoms with E-state index in [0.717, 1.165) is 12.1 Å². The van der Waals surface area contributed by atoms with Gasteiger partial charge in [0.2, 0.25) is 5.91 Å². The molecule has 0 bridgehead atoms. The van der Waals surface area contributed by atoms with Crippen LogP contribution in [0.3, 0.4) is 0 Å². The quantitative estimate of drug-likeness (QED) is 0.745. The van der Waals surface area contributed by atoms with Crippen LogP contribution in [-0.2, 0) is 4.79 Å². The second-order valence-electron chi connectivity index (χ2n) is 4.75. The van der Waals surface area contributed by atoms with Gasteiger partial charge in [0.1, 0.15) is 0 Å². The molecule has 0 spiro atoms. The summed E-state index contributed by atoms with van der Waals surface area (Å²) in [6.07, 6.45) is 3.44. The van der Waals surface area contributed by atoms with Crippen LogP contribution in [0.15, 0.2) is 30.3 Å². The maximum atomic E-state index is 12.3. The molecule has 1 amide bonds. The molecule has 2 rings (SSSR count). The summed E-state index contributed by atoms with van der Waals surface area (Å²) in [5.74, 6) is 1.04. The molecule has 0 unspecified atom stereocenters. The van der Waals surface area contributed by atoms with Crippen molar-refractivity contribution >= 4 is 11.6 Å². The molecule has 0 radical (unpaired) electrons. The lowest BCUT2D eigenvalue weighted by Crippen LogP contribution is -2.33. The average molecular weight is 217 g/mol. The molecule has 0 aromatic heterocycles. The van der Waals surface area contributed by atoms with Crippen LogP contribution in [0.4, 0.5) is 5.69 Å². The number of rotatable bonds is 2. The Bertz CT molecular complexity index is 360. The molecule has 1 aliphatic carbocycles. The van der Waals surface area contributed by atoms with E-state index in [9.17, 15) is 4.79 Å². The number of anilines is 1. The highest BCUT2D eigenvalue weighted by Crippen LogP contribution is 2.33. The Morgan fingerprint density at radius 2 is 1.94 bits per heavy atom. The normalized spacial score (nSPS) is 24.4. The van der Waals surface area contributed by atoms with E-state index in [4.69, 9.17) is 0 Å². The highest BCUT2D eigenvalue weighted by molar-refractivity contribution is 5.94. The Hall–Kier alpha value is -1.31. The van der Waals surface area contributed by atoms with Crippen molar-refractivity contribution in [2.45, 2.75) is 26.2 Å². The number of amides is 1. The third-order valence-electron chi connectivity index (χ3n) is 3.65. The summed E-state index contributed by atoms with van der Waals surface area (Å²) >= 11 is 0. The predicted molar refractivity (Wildman–Crippen MR) is 66.4 cm³/mol. The summed E-state index contributed by atoms with van der Waals surface area (Å²) in [5.41, 5.74) is 0.992. The Labute approximate surface area is 97.3 Å². The summed E-state index contributed by atoms with van der Waals surface area (Å²) in [7, 11) is 1.88. The molecular weight excluding hydrogens is 198 g/mol. The fourth-order valence-electron chi connectivity index (χ4n) is 2.54. The van der Waals surface area contributed by atoms with Gasteiger partial charge in [-0.05, 0) is 30.9 Å². The number of carbonyl (C=O) groups is 1. The van der Waals surface area contributed by atoms with Gasteiger partial charge < -0.3 is 4.90 Å². The molecule has 1 aliphatic rings. The Morgan fingerprint density at radius 1 is 1.25 bits per heavy atom. The summed E-state index contributed by atoms with van der Waals surface area (Å²) in [6.45, 7) is 2.19. The molecule has 0 saturated heterocycles. The number of hydrogen-bond donors (Lipinski definition) is 0. The van der Waals surface area contributed by atoms with Crippen LogP contribution < -0.4 is 4.90 Å². The molecule has 2 heteroatoms. The topological polar surface area (TPSA) is 20.3 Å². The van der Waals surface area contributed by atoms with Crippen LogP contribution >= 0.6 is 0 Å². The number of para-hydroxylation sites is 1. The second-order valence-corrected chi connectivity index (χ2v) is 4.75. The van der Waals surface area contributed by atoms with Crippen LogP contribution in [0.2, 0.25) is 0 Å². The first-order valence-electron chi connectivity index (χ1n) is 6.03. The van der Waals surface area contributed by atoms with Gasteiger partial charge in [-0.2, -0.15) is 0 Å². The maximum Gasteiger partial charge on any atom is 0.230 e. The Morgan fingerprint density at radius 3 is 2.50 bits per heavy atom. The fraction of sp³-hybridized carbons (Fsp3) is 0.500. The van der Waals surface area contributed by atoms with Gasteiger partial charge in [-0.15, -0.1) is 0 Å². The first-order chi connectivity index (χ1) is 7.70. The van der Waals surface area contributed by atoms with Crippen molar-refractivity contribution in [2.75, 3.05) is 11.9 Å². The highest BCUT2D eigenvalue weighted by Gasteiger charge is 2.31. The first-order valence-corrected chi connectivity index (χ1v) is 6.03. The maximum absolute atomic E-state index is 12.3. The molecule has 16 heavy (non-hydrogen) atoms. The van der Waals surface area contributed by atoms with Gasteiger partial charge in [0.25, 0.3) is 0 Å². The van der Waals surface area contributed by atoms with Gasteiger partial charge in [0, 0.05) is 18.7 Å². The molecule has 1 aromatic rings. The highest BCUT2D eigenvalue weighted by atomic mass is 16.2. The minimum atomic E-state index is 0.227. The van der Waals surface area contributed by atoms with E-state index in [-0.39, 0.29) is 11.8 Å². The number of benzene rings is 1. The third kappa shape index (κ3) is 2.11. The van der Waals surface area contributed by atoms with Crippen molar-refractivity contribution in [3.8, 4) is 0 Å². The lowest BCUT2D eigenvalue weighted by Gasteiger charge is -2.23. The third-order valence-corrected chi connectivity index (χ3v) is 3.65. The van der Waals surface area contributed by atoms with Crippen molar-refractivity contribution in [3.63, 3.8) is 0 Å². The first kappa shape index (κ1) is 11.2. The number of hydrogen-bond acceptors (Lipinski definition) is 1. The van der Waals surface area contributed by atoms with Crippen LogP contribution in [0, 0.1) is 11.8 Å². The van der Waals surface area contributed by atoms with Crippen molar-refractivity contribution in [2.24, 2.45) is 11.8 Å². The van der Waals surface area contributed by atoms with Crippen molar-refractivity contribution in [3.05, 3.63) is 30.3 Å². The standard InChI is InChI=1S/C14H19NO/c1-11-7-6-10-13(11)14(16)15(2)12-8-4-3-5-9-12/h3-5,8-9,11,13H,6-7,10H2,1-2H3/t11-,13+/m0/s1. The van der Waals surface area contributed by atoms with Crippen LogP contribution in [-0.4, -0.2) is 13.0 Å². The zero-order chi connectivity index (χ0) is 11.5. The molecular formula is C14H19NO. The van der Waals surface area contributed by atoms with E-state index in [1.165, 1.54) is 12.8 Å². The molecule has 2 nitrogen and oxygen atoms in total. The van der Waals surface area contributed by atoms with Crippen molar-refractivity contribution in [1.82, 2.24) is 0 Å². The van der Waals surface area contributed by atoms with Gasteiger partial charge in [0.15, 0.2) is 0 Å². The van der Waals surface area contributed by atoms with E-state index in [1.54, 1.807) is 4.90 Å². The summed E-state index contributed by atoms with van der Waals surface area (Å²) in [4.78, 5) is 14.1. The molecule has 0 heterocycles. The smallest absolute Gasteiger partial charge is 0.230 e. The SMILES string of the molecule is C[C@H]1CCC[C@H]1C(=O)N(C)c1ccccc1. The van der Waals surface area contributed by atoms with Gasteiger partial charge in [-0.1, -0.05) is 31.5 Å². The predicted octanol–water partition coefficient (Wildman–Crippen LogP) is 3.09. The minimum Gasteiger partial charge on any atom is -0.315 e. The van der Waals surface area contributed by atoms with E-state index < -0.39 is 0 Å². The molecule has 1 aromatic carbocycles. The van der Waals surface area contributed by atoms with Gasteiger partial charge in [0.05, 0.1) is 0 Å². The van der Waals surface area contributed by atoms with Gasteiger partial charge in [-0.3, -0.25) is 4.79 Å². The summed E-state index contributed by atoms with van der Waals surface area (Å²) in [5, 5.41) is 0. The largest absolute Gasteiger partial charge is 0.315 e. The lowest BCUT2D eigenvalue weighted by atomic mass is 9.96. The van der Waals surface area contributed by atoms with E-state index >= 15 is 0 Å². The molecule has 86 valence electrons. The van der Waals surface area contributed by atoms with Crippen molar-refractivity contribution in [1.29, 1.82) is 0 Å². The zero-order valence-corrected chi connectivity index (χ0v) is 10.0. The van der Waals surface area contributed by atoms with Crippen LogP contribution in [0.5, 0.6) is 0 Å². The molecule has 2 atom stereocenters. The average Bonchev–Trinajstić information content (AvgIpc) is 2.75. The van der Waals surface area contributed by atoms with Gasteiger partial charge in [-0.25, -0.2) is 0 Å². The monoisotopic (exact) mass is 217 g/mol. The van der Waals surface area contributed by atoms with E-state index in [0.29, 0.717) is 5.92 Å². The van der Waals surface area contributed by atoms with E-state index in [2.05, 4.69) is 6.92 Å². The molecule has 1 saturated carbocycles. The number of nitrogens with zero attached hydrogens (tertiary/aromatic N) is 1.